The first-order valence-electron chi connectivity index (χ1n) is 7.91. The number of aryl methyl sites for hydroxylation is 1. The van der Waals surface area contributed by atoms with Gasteiger partial charge in [0.1, 0.15) is 4.90 Å². The van der Waals surface area contributed by atoms with Crippen LogP contribution in [0.5, 0.6) is 0 Å². The maximum absolute atomic E-state index is 12.5. The molecule has 0 aliphatic carbocycles. The molecule has 3 aromatic rings. The predicted octanol–water partition coefficient (Wildman–Crippen LogP) is 2.43. The molecular formula is C18H17N5O3S. The van der Waals surface area contributed by atoms with E-state index in [2.05, 4.69) is 20.6 Å². The van der Waals surface area contributed by atoms with Crippen LogP contribution in [0.1, 0.15) is 16.1 Å². The molecule has 0 radical (unpaired) electrons. The first-order valence-corrected chi connectivity index (χ1v) is 9.45. The number of pyridine rings is 2. The summed E-state index contributed by atoms with van der Waals surface area (Å²) in [5, 5.41) is 11.0. The molecule has 9 heteroatoms. The number of nitrogens with two attached hydrogens (primary N) is 1. The summed E-state index contributed by atoms with van der Waals surface area (Å²) in [4.78, 5) is 20.2. The van der Waals surface area contributed by atoms with Crippen molar-refractivity contribution in [2.75, 3.05) is 10.6 Å². The smallest absolute Gasteiger partial charge is 0.257 e. The van der Waals surface area contributed by atoms with Crippen LogP contribution in [0.25, 0.3) is 0 Å². The number of hydrogen-bond donors (Lipinski definition) is 3. The number of rotatable bonds is 5. The third kappa shape index (κ3) is 4.66. The van der Waals surface area contributed by atoms with Gasteiger partial charge in [-0.3, -0.25) is 14.8 Å². The van der Waals surface area contributed by atoms with Crippen molar-refractivity contribution >= 4 is 33.0 Å². The first-order chi connectivity index (χ1) is 12.8. The van der Waals surface area contributed by atoms with Gasteiger partial charge in [-0.15, -0.1) is 0 Å². The number of anilines is 3. The van der Waals surface area contributed by atoms with Crippen molar-refractivity contribution in [3.63, 3.8) is 0 Å². The van der Waals surface area contributed by atoms with Gasteiger partial charge in [-0.1, -0.05) is 0 Å². The van der Waals surface area contributed by atoms with Crippen LogP contribution in [0.2, 0.25) is 0 Å². The Kier molecular flexibility index (Phi) is 5.15. The van der Waals surface area contributed by atoms with E-state index < -0.39 is 15.9 Å². The lowest BCUT2D eigenvalue weighted by molar-refractivity contribution is 0.102. The van der Waals surface area contributed by atoms with Gasteiger partial charge in [-0.05, 0) is 49.4 Å². The Hall–Kier alpha value is -3.30. The van der Waals surface area contributed by atoms with Gasteiger partial charge >= 0.3 is 0 Å². The number of sulfonamides is 1. The molecule has 138 valence electrons. The Balaban J connectivity index is 1.75. The number of carbonyl (C=O) groups excluding carboxylic acids is 1. The van der Waals surface area contributed by atoms with E-state index in [-0.39, 0.29) is 10.5 Å². The van der Waals surface area contributed by atoms with E-state index in [0.717, 1.165) is 17.6 Å². The predicted molar refractivity (Wildman–Crippen MR) is 102 cm³/mol. The minimum atomic E-state index is -3.94. The van der Waals surface area contributed by atoms with E-state index in [1.165, 1.54) is 6.07 Å². The highest BCUT2D eigenvalue weighted by molar-refractivity contribution is 7.89. The molecular weight excluding hydrogens is 366 g/mol. The zero-order valence-electron chi connectivity index (χ0n) is 14.4. The molecule has 3 rings (SSSR count). The summed E-state index contributed by atoms with van der Waals surface area (Å²) in [5.41, 5.74) is 2.83. The van der Waals surface area contributed by atoms with Crippen LogP contribution in [0.3, 0.4) is 0 Å². The van der Waals surface area contributed by atoms with Gasteiger partial charge in [0, 0.05) is 35.7 Å². The van der Waals surface area contributed by atoms with Crippen LogP contribution in [-0.2, 0) is 10.0 Å². The molecule has 4 N–H and O–H groups in total. The van der Waals surface area contributed by atoms with Gasteiger partial charge in [-0.25, -0.2) is 13.6 Å². The van der Waals surface area contributed by atoms with Crippen LogP contribution in [-0.4, -0.2) is 24.3 Å². The van der Waals surface area contributed by atoms with E-state index in [1.807, 2.05) is 24.3 Å². The highest BCUT2D eigenvalue weighted by atomic mass is 32.2. The topological polar surface area (TPSA) is 127 Å². The average molecular weight is 383 g/mol. The number of carbonyl (C=O) groups is 1. The third-order valence-corrected chi connectivity index (χ3v) is 4.63. The molecule has 0 fully saturated rings. The van der Waals surface area contributed by atoms with Gasteiger partial charge in [-0.2, -0.15) is 0 Å². The summed E-state index contributed by atoms with van der Waals surface area (Å²) in [6, 6.07) is 12.0. The van der Waals surface area contributed by atoms with E-state index in [4.69, 9.17) is 5.14 Å². The molecule has 0 aliphatic rings. The SMILES string of the molecule is Cc1ncc(S(N)(=O)=O)cc1C(=O)Nc1ccc(Nc2ccncc2)cc1. The fraction of sp³-hybridized carbons (Fsp3) is 0.0556. The molecule has 2 heterocycles. The van der Waals surface area contributed by atoms with Crippen LogP contribution in [0.4, 0.5) is 17.1 Å². The lowest BCUT2D eigenvalue weighted by Gasteiger charge is -2.10. The highest BCUT2D eigenvalue weighted by Gasteiger charge is 2.16. The summed E-state index contributed by atoms with van der Waals surface area (Å²) in [5.74, 6) is -0.472. The normalized spacial score (nSPS) is 11.0. The number of primary sulfonamides is 1. The lowest BCUT2D eigenvalue weighted by atomic mass is 10.2. The summed E-state index contributed by atoms with van der Waals surface area (Å²) in [6.07, 6.45) is 4.49. The van der Waals surface area contributed by atoms with Crippen molar-refractivity contribution in [2.24, 2.45) is 5.14 Å². The monoisotopic (exact) mass is 383 g/mol. The van der Waals surface area contributed by atoms with Crippen LogP contribution < -0.4 is 15.8 Å². The number of nitrogens with one attached hydrogen (secondary N) is 2. The molecule has 2 aromatic heterocycles. The Morgan fingerprint density at radius 3 is 2.22 bits per heavy atom. The summed E-state index contributed by atoms with van der Waals surface area (Å²) in [6.45, 7) is 1.61. The van der Waals surface area contributed by atoms with E-state index in [9.17, 15) is 13.2 Å². The Bertz CT molecular complexity index is 1070. The fourth-order valence-electron chi connectivity index (χ4n) is 2.34. The van der Waals surface area contributed by atoms with Crippen LogP contribution in [0, 0.1) is 6.92 Å². The summed E-state index contributed by atoms with van der Waals surface area (Å²) in [7, 11) is -3.94. The zero-order valence-corrected chi connectivity index (χ0v) is 15.2. The second-order valence-corrected chi connectivity index (χ2v) is 7.30. The molecule has 0 atom stereocenters. The standard InChI is InChI=1S/C18H17N5O3S/c1-12-17(10-16(11-21-12)27(19,25)26)18(24)23-14-4-2-13(3-5-14)22-15-6-8-20-9-7-15/h2-11H,1H3,(H,20,22)(H,23,24)(H2,19,25,26). The van der Waals surface area contributed by atoms with Crippen molar-refractivity contribution in [3.8, 4) is 0 Å². The molecule has 0 bridgehead atoms. The number of benzene rings is 1. The minimum Gasteiger partial charge on any atom is -0.355 e. The van der Waals surface area contributed by atoms with Crippen molar-refractivity contribution in [2.45, 2.75) is 11.8 Å². The molecule has 8 nitrogen and oxygen atoms in total. The average Bonchev–Trinajstić information content (AvgIpc) is 2.63. The highest BCUT2D eigenvalue weighted by Crippen LogP contribution is 2.19. The van der Waals surface area contributed by atoms with Gasteiger partial charge in [0.05, 0.1) is 11.3 Å². The van der Waals surface area contributed by atoms with Gasteiger partial charge < -0.3 is 10.6 Å². The maximum Gasteiger partial charge on any atom is 0.257 e. The number of nitrogens with zero attached hydrogens (tertiary/aromatic N) is 2. The number of hydrogen-bond acceptors (Lipinski definition) is 6. The largest absolute Gasteiger partial charge is 0.355 e. The number of aromatic nitrogens is 2. The maximum atomic E-state index is 12.5. The van der Waals surface area contributed by atoms with Gasteiger partial charge in [0.15, 0.2) is 0 Å². The second-order valence-electron chi connectivity index (χ2n) is 5.74. The van der Waals surface area contributed by atoms with Crippen LogP contribution >= 0.6 is 0 Å². The molecule has 0 saturated heterocycles. The van der Waals surface area contributed by atoms with Crippen molar-refractivity contribution in [3.05, 3.63) is 72.3 Å². The zero-order chi connectivity index (χ0) is 19.4. The molecule has 27 heavy (non-hydrogen) atoms. The third-order valence-electron chi connectivity index (χ3n) is 3.75. The van der Waals surface area contributed by atoms with E-state index in [1.54, 1.807) is 31.5 Å². The Labute approximate surface area is 156 Å². The second kappa shape index (κ2) is 7.52. The molecule has 0 aliphatic heterocycles. The minimum absolute atomic E-state index is 0.139. The lowest BCUT2D eigenvalue weighted by Crippen LogP contribution is -2.17. The summed E-state index contributed by atoms with van der Waals surface area (Å²) >= 11 is 0. The fourth-order valence-corrected chi connectivity index (χ4v) is 2.82. The van der Waals surface area contributed by atoms with E-state index >= 15 is 0 Å². The van der Waals surface area contributed by atoms with Gasteiger partial charge in [0.25, 0.3) is 5.91 Å². The van der Waals surface area contributed by atoms with E-state index in [0.29, 0.717) is 11.4 Å². The molecule has 0 saturated carbocycles. The molecule has 0 unspecified atom stereocenters. The summed E-state index contributed by atoms with van der Waals surface area (Å²) < 4.78 is 22.9. The molecule has 0 spiro atoms. The first kappa shape index (κ1) is 18.5. The molecule has 1 aromatic carbocycles. The molecule has 1 amide bonds. The van der Waals surface area contributed by atoms with Crippen molar-refractivity contribution in [1.29, 1.82) is 0 Å². The Morgan fingerprint density at radius 2 is 1.59 bits per heavy atom. The quantitative estimate of drug-likeness (QED) is 0.621. The van der Waals surface area contributed by atoms with Gasteiger partial charge in [0.2, 0.25) is 10.0 Å². The Morgan fingerprint density at radius 1 is 1.00 bits per heavy atom. The van der Waals surface area contributed by atoms with Crippen LogP contribution in [0.15, 0.2) is 66.0 Å². The van der Waals surface area contributed by atoms with Crippen molar-refractivity contribution in [1.82, 2.24) is 9.97 Å². The van der Waals surface area contributed by atoms with Crippen molar-refractivity contribution < 1.29 is 13.2 Å². The number of amides is 1.